The van der Waals surface area contributed by atoms with E-state index in [4.69, 9.17) is 4.52 Å². The number of nitrogens with zero attached hydrogens (tertiary/aromatic N) is 1. The fourth-order valence-corrected chi connectivity index (χ4v) is 3.74. The van der Waals surface area contributed by atoms with Crippen molar-refractivity contribution in [3.05, 3.63) is 17.5 Å². The van der Waals surface area contributed by atoms with Crippen LogP contribution in [0.2, 0.25) is 0 Å². The number of unbranched alkanes of at least 4 members (excludes halogenated alkanes) is 1. The van der Waals surface area contributed by atoms with Crippen LogP contribution in [0.25, 0.3) is 0 Å². The molecule has 2 atom stereocenters. The van der Waals surface area contributed by atoms with Crippen molar-refractivity contribution >= 4 is 5.91 Å². The van der Waals surface area contributed by atoms with Gasteiger partial charge < -0.3 is 9.84 Å². The first-order valence-electron chi connectivity index (χ1n) is 9.25. The number of carbonyl (C=O) groups is 1. The van der Waals surface area contributed by atoms with Crippen LogP contribution in [0.15, 0.2) is 10.6 Å². The fraction of sp³-hybridized carbons (Fsp3) is 0.789. The molecule has 2 aliphatic rings. The molecule has 2 aliphatic carbocycles. The van der Waals surface area contributed by atoms with E-state index in [0.717, 1.165) is 50.0 Å². The summed E-state index contributed by atoms with van der Waals surface area (Å²) in [6.45, 7) is 6.72. The van der Waals surface area contributed by atoms with Gasteiger partial charge in [0.1, 0.15) is 5.76 Å². The van der Waals surface area contributed by atoms with Crippen molar-refractivity contribution in [3.8, 4) is 0 Å². The van der Waals surface area contributed by atoms with E-state index in [2.05, 4.69) is 37.3 Å². The van der Waals surface area contributed by atoms with E-state index < -0.39 is 0 Å². The molecule has 0 bridgehead atoms. The van der Waals surface area contributed by atoms with Crippen LogP contribution in [-0.4, -0.2) is 17.1 Å². The normalized spacial score (nSPS) is 26.4. The molecule has 0 radical (unpaired) electrons. The van der Waals surface area contributed by atoms with Crippen LogP contribution in [0.4, 0.5) is 0 Å². The standard InChI is InChI=1S/C19H30N2O2/c1-4-5-9-16-12-15(21-23-16)10-14-11-17(19(14,2)3)20-18(22)13-7-6-8-13/h12-14,17H,4-11H2,1-3H3,(H,20,22)/t14-,17+/m1/s1. The van der Waals surface area contributed by atoms with Crippen molar-refractivity contribution in [2.24, 2.45) is 17.3 Å². The van der Waals surface area contributed by atoms with Gasteiger partial charge in [0.05, 0.1) is 5.69 Å². The molecular weight excluding hydrogens is 288 g/mol. The van der Waals surface area contributed by atoms with Gasteiger partial charge in [0, 0.05) is 24.4 Å². The van der Waals surface area contributed by atoms with Gasteiger partial charge in [0.25, 0.3) is 0 Å². The van der Waals surface area contributed by atoms with Gasteiger partial charge in [0.2, 0.25) is 5.91 Å². The molecular formula is C19H30N2O2. The number of hydrogen-bond acceptors (Lipinski definition) is 3. The summed E-state index contributed by atoms with van der Waals surface area (Å²) in [5, 5.41) is 7.51. The third-order valence-corrected chi connectivity index (χ3v) is 6.10. The van der Waals surface area contributed by atoms with Crippen LogP contribution >= 0.6 is 0 Å². The Kier molecular flexibility index (Phi) is 4.79. The number of aromatic nitrogens is 1. The maximum Gasteiger partial charge on any atom is 0.223 e. The van der Waals surface area contributed by atoms with Crippen molar-refractivity contribution < 1.29 is 9.32 Å². The molecule has 1 N–H and O–H groups in total. The van der Waals surface area contributed by atoms with Gasteiger partial charge in [-0.15, -0.1) is 0 Å². The lowest BCUT2D eigenvalue weighted by Gasteiger charge is -2.52. The minimum Gasteiger partial charge on any atom is -0.361 e. The van der Waals surface area contributed by atoms with Crippen molar-refractivity contribution in [3.63, 3.8) is 0 Å². The molecule has 0 unspecified atom stereocenters. The third-order valence-electron chi connectivity index (χ3n) is 6.10. The molecule has 1 aromatic heterocycles. The van der Waals surface area contributed by atoms with Crippen molar-refractivity contribution in [1.82, 2.24) is 10.5 Å². The smallest absolute Gasteiger partial charge is 0.223 e. The van der Waals surface area contributed by atoms with E-state index in [0.29, 0.717) is 12.0 Å². The number of amides is 1. The molecule has 0 aliphatic heterocycles. The van der Waals surface area contributed by atoms with Gasteiger partial charge in [-0.05, 0) is 43.4 Å². The Morgan fingerprint density at radius 2 is 2.22 bits per heavy atom. The van der Waals surface area contributed by atoms with E-state index >= 15 is 0 Å². The molecule has 0 spiro atoms. The lowest BCUT2D eigenvalue weighted by atomic mass is 9.57. The first-order valence-corrected chi connectivity index (χ1v) is 9.25. The van der Waals surface area contributed by atoms with E-state index in [-0.39, 0.29) is 17.2 Å². The zero-order chi connectivity index (χ0) is 16.4. The van der Waals surface area contributed by atoms with Gasteiger partial charge in [-0.25, -0.2) is 0 Å². The highest BCUT2D eigenvalue weighted by Gasteiger charge is 2.49. The summed E-state index contributed by atoms with van der Waals surface area (Å²) < 4.78 is 5.43. The van der Waals surface area contributed by atoms with Crippen LogP contribution in [0.3, 0.4) is 0 Å². The van der Waals surface area contributed by atoms with Gasteiger partial charge in [-0.3, -0.25) is 4.79 Å². The Hall–Kier alpha value is -1.32. The summed E-state index contributed by atoms with van der Waals surface area (Å²) in [6.07, 6.45) is 8.68. The van der Waals surface area contributed by atoms with Gasteiger partial charge >= 0.3 is 0 Å². The van der Waals surface area contributed by atoms with Crippen molar-refractivity contribution in [1.29, 1.82) is 0 Å². The highest BCUT2D eigenvalue weighted by molar-refractivity contribution is 5.79. The number of rotatable bonds is 7. The summed E-state index contributed by atoms with van der Waals surface area (Å²) in [7, 11) is 0. The molecule has 2 saturated carbocycles. The summed E-state index contributed by atoms with van der Waals surface area (Å²) in [6, 6.07) is 2.43. The first-order chi connectivity index (χ1) is 11.0. The van der Waals surface area contributed by atoms with E-state index in [1.54, 1.807) is 0 Å². The minimum absolute atomic E-state index is 0.141. The van der Waals surface area contributed by atoms with Crippen LogP contribution < -0.4 is 5.32 Å². The second-order valence-electron chi connectivity index (χ2n) is 8.04. The molecule has 3 rings (SSSR count). The topological polar surface area (TPSA) is 55.1 Å². The lowest BCUT2D eigenvalue weighted by Crippen LogP contribution is -2.59. The molecule has 4 heteroatoms. The average Bonchev–Trinajstić information content (AvgIpc) is 2.90. The molecule has 23 heavy (non-hydrogen) atoms. The zero-order valence-electron chi connectivity index (χ0n) is 14.7. The Bertz CT molecular complexity index is 545. The molecule has 0 aromatic carbocycles. The Morgan fingerprint density at radius 1 is 1.43 bits per heavy atom. The largest absolute Gasteiger partial charge is 0.361 e. The summed E-state index contributed by atoms with van der Waals surface area (Å²) >= 11 is 0. The maximum absolute atomic E-state index is 12.1. The summed E-state index contributed by atoms with van der Waals surface area (Å²) in [5.41, 5.74) is 1.21. The predicted molar refractivity (Wildman–Crippen MR) is 90.0 cm³/mol. The molecule has 128 valence electrons. The van der Waals surface area contributed by atoms with E-state index in [9.17, 15) is 4.79 Å². The highest BCUT2D eigenvalue weighted by atomic mass is 16.5. The molecule has 4 nitrogen and oxygen atoms in total. The van der Waals surface area contributed by atoms with E-state index in [1.807, 2.05) is 0 Å². The molecule has 1 aromatic rings. The Balaban J connectivity index is 1.50. The predicted octanol–water partition coefficient (Wildman–Crippen LogP) is 3.89. The summed E-state index contributed by atoms with van der Waals surface area (Å²) in [5.74, 6) is 2.13. The summed E-state index contributed by atoms with van der Waals surface area (Å²) in [4.78, 5) is 12.1. The SMILES string of the molecule is CCCCc1cc(C[C@@H]2C[C@H](NC(=O)C3CCC3)C2(C)C)no1. The average molecular weight is 318 g/mol. The molecule has 1 heterocycles. The van der Waals surface area contributed by atoms with Crippen LogP contribution in [0.5, 0.6) is 0 Å². The van der Waals surface area contributed by atoms with Crippen molar-refractivity contribution in [2.75, 3.05) is 0 Å². The Morgan fingerprint density at radius 3 is 2.83 bits per heavy atom. The minimum atomic E-state index is 0.141. The van der Waals surface area contributed by atoms with Crippen molar-refractivity contribution in [2.45, 2.75) is 78.2 Å². The lowest BCUT2D eigenvalue weighted by molar-refractivity contribution is -0.132. The van der Waals surface area contributed by atoms with Gasteiger partial charge in [-0.2, -0.15) is 0 Å². The van der Waals surface area contributed by atoms with E-state index in [1.165, 1.54) is 12.8 Å². The quantitative estimate of drug-likeness (QED) is 0.830. The van der Waals surface area contributed by atoms with Crippen LogP contribution in [-0.2, 0) is 17.6 Å². The molecule has 2 fully saturated rings. The maximum atomic E-state index is 12.1. The van der Waals surface area contributed by atoms with Crippen LogP contribution in [0.1, 0.15) is 70.8 Å². The van der Waals surface area contributed by atoms with Crippen LogP contribution in [0, 0.1) is 17.3 Å². The van der Waals surface area contributed by atoms with Gasteiger partial charge in [-0.1, -0.05) is 38.8 Å². The number of nitrogens with one attached hydrogen (secondary N) is 1. The fourth-order valence-electron chi connectivity index (χ4n) is 3.74. The molecule has 1 amide bonds. The zero-order valence-corrected chi connectivity index (χ0v) is 14.7. The highest BCUT2D eigenvalue weighted by Crippen LogP contribution is 2.48. The Labute approximate surface area is 139 Å². The molecule has 0 saturated heterocycles. The number of carbonyl (C=O) groups excluding carboxylic acids is 1. The second kappa shape index (κ2) is 6.66. The number of aryl methyl sites for hydroxylation is 1. The third kappa shape index (κ3) is 3.46. The number of hydrogen-bond donors (Lipinski definition) is 1. The second-order valence-corrected chi connectivity index (χ2v) is 8.04. The first kappa shape index (κ1) is 16.5. The van der Waals surface area contributed by atoms with Gasteiger partial charge in [0.15, 0.2) is 0 Å². The monoisotopic (exact) mass is 318 g/mol.